The molecule has 0 amide bonds. The Morgan fingerprint density at radius 2 is 2.15 bits per heavy atom. The number of rotatable bonds is 1. The highest BCUT2D eigenvalue weighted by Crippen LogP contribution is 2.39. The summed E-state index contributed by atoms with van der Waals surface area (Å²) in [6.07, 6.45) is -2.65. The number of alkyl halides is 3. The van der Waals surface area contributed by atoms with Gasteiger partial charge in [0.05, 0.1) is 10.3 Å². The summed E-state index contributed by atoms with van der Waals surface area (Å²) >= 11 is 0.830. The van der Waals surface area contributed by atoms with Gasteiger partial charge < -0.3 is 11.1 Å². The minimum atomic E-state index is -4.42. The maximum absolute atomic E-state index is 13.2. The topological polar surface area (TPSA) is 63.8 Å². The van der Waals surface area contributed by atoms with Crippen LogP contribution in [0.1, 0.15) is 30.0 Å². The van der Waals surface area contributed by atoms with E-state index in [-0.39, 0.29) is 21.4 Å². The predicted molar refractivity (Wildman–Crippen MR) is 71.7 cm³/mol. The fourth-order valence-electron chi connectivity index (χ4n) is 2.47. The molecule has 1 saturated heterocycles. The zero-order valence-corrected chi connectivity index (χ0v) is 11.3. The highest BCUT2D eigenvalue weighted by atomic mass is 32.1. The lowest BCUT2D eigenvalue weighted by Crippen LogP contribution is -2.29. The van der Waals surface area contributed by atoms with Crippen LogP contribution in [-0.4, -0.2) is 23.1 Å². The van der Waals surface area contributed by atoms with Gasteiger partial charge in [0.15, 0.2) is 10.8 Å². The molecule has 1 atom stereocenters. The first-order chi connectivity index (χ1) is 9.45. The first-order valence-corrected chi connectivity index (χ1v) is 7.11. The van der Waals surface area contributed by atoms with Gasteiger partial charge in [-0.15, -0.1) is 0 Å². The van der Waals surface area contributed by atoms with Crippen molar-refractivity contribution in [2.24, 2.45) is 0 Å². The van der Waals surface area contributed by atoms with Crippen LogP contribution in [0.4, 0.5) is 18.3 Å². The van der Waals surface area contributed by atoms with Crippen LogP contribution >= 0.6 is 11.3 Å². The van der Waals surface area contributed by atoms with Crippen molar-refractivity contribution >= 4 is 26.8 Å². The molecule has 1 aliphatic rings. The van der Waals surface area contributed by atoms with E-state index >= 15 is 0 Å². The van der Waals surface area contributed by atoms with Crippen LogP contribution < -0.4 is 11.1 Å². The van der Waals surface area contributed by atoms with Gasteiger partial charge in [0, 0.05) is 18.2 Å². The molecule has 3 rings (SSSR count). The minimum absolute atomic E-state index is 0.00262. The standard InChI is InChI=1S/C12H13F3N4S/c13-12(14,15)7-4-8(6-2-1-3-17-5-6)18-10-9(7)20-11(16)19-10/h4,6,17H,1-3,5H2,(H2,16,18,19)/t6-/m1/s1. The van der Waals surface area contributed by atoms with Crippen LogP contribution in [-0.2, 0) is 6.18 Å². The number of nitrogens with zero attached hydrogens (tertiary/aromatic N) is 2. The van der Waals surface area contributed by atoms with E-state index in [9.17, 15) is 13.2 Å². The Labute approximate surface area is 117 Å². The first kappa shape index (κ1) is 13.6. The molecule has 0 radical (unpaired) electrons. The lowest BCUT2D eigenvalue weighted by atomic mass is 9.94. The van der Waals surface area contributed by atoms with Crippen molar-refractivity contribution in [3.63, 3.8) is 0 Å². The Morgan fingerprint density at radius 1 is 1.35 bits per heavy atom. The molecule has 108 valence electrons. The Balaban J connectivity index is 2.14. The van der Waals surface area contributed by atoms with Gasteiger partial charge >= 0.3 is 6.18 Å². The SMILES string of the molecule is Nc1nc2nc([C@@H]3CCCNC3)cc(C(F)(F)F)c2s1. The van der Waals surface area contributed by atoms with Crippen LogP contribution in [0.3, 0.4) is 0 Å². The third-order valence-corrected chi connectivity index (χ3v) is 4.33. The van der Waals surface area contributed by atoms with Crippen molar-refractivity contribution < 1.29 is 13.2 Å². The molecule has 4 nitrogen and oxygen atoms in total. The second-order valence-electron chi connectivity index (χ2n) is 4.84. The van der Waals surface area contributed by atoms with Crippen molar-refractivity contribution in [1.29, 1.82) is 0 Å². The molecule has 20 heavy (non-hydrogen) atoms. The number of anilines is 1. The van der Waals surface area contributed by atoms with Crippen molar-refractivity contribution in [3.05, 3.63) is 17.3 Å². The maximum Gasteiger partial charge on any atom is 0.417 e. The zero-order chi connectivity index (χ0) is 14.3. The second kappa shape index (κ2) is 4.85. The summed E-state index contributed by atoms with van der Waals surface area (Å²) in [5.74, 6) is -0.00262. The van der Waals surface area contributed by atoms with E-state index in [1.165, 1.54) is 0 Å². The van der Waals surface area contributed by atoms with Gasteiger partial charge in [-0.3, -0.25) is 0 Å². The number of pyridine rings is 1. The normalized spacial score (nSPS) is 20.4. The van der Waals surface area contributed by atoms with E-state index in [0.29, 0.717) is 12.2 Å². The monoisotopic (exact) mass is 302 g/mol. The number of fused-ring (bicyclic) bond motifs is 1. The number of nitrogens with one attached hydrogen (secondary N) is 1. The predicted octanol–water partition coefficient (Wildman–Crippen LogP) is 2.76. The van der Waals surface area contributed by atoms with E-state index in [0.717, 1.165) is 36.8 Å². The van der Waals surface area contributed by atoms with E-state index < -0.39 is 11.7 Å². The molecule has 0 spiro atoms. The van der Waals surface area contributed by atoms with Gasteiger partial charge in [-0.25, -0.2) is 9.97 Å². The van der Waals surface area contributed by atoms with Crippen LogP contribution in [0.5, 0.6) is 0 Å². The van der Waals surface area contributed by atoms with Crippen LogP contribution in [0, 0.1) is 0 Å². The van der Waals surface area contributed by atoms with Crippen molar-refractivity contribution in [1.82, 2.24) is 15.3 Å². The quantitative estimate of drug-likeness (QED) is 0.850. The average Bonchev–Trinajstić information content (AvgIpc) is 2.77. The Hall–Kier alpha value is -1.41. The summed E-state index contributed by atoms with van der Waals surface area (Å²) in [6, 6.07) is 1.15. The van der Waals surface area contributed by atoms with Crippen molar-refractivity contribution in [2.75, 3.05) is 18.8 Å². The fraction of sp³-hybridized carbons (Fsp3) is 0.500. The molecule has 0 saturated carbocycles. The van der Waals surface area contributed by atoms with Crippen molar-refractivity contribution in [2.45, 2.75) is 24.9 Å². The number of hydrogen-bond donors (Lipinski definition) is 2. The molecular formula is C12H13F3N4S. The molecule has 0 aromatic carbocycles. The van der Waals surface area contributed by atoms with Crippen molar-refractivity contribution in [3.8, 4) is 0 Å². The van der Waals surface area contributed by atoms with Gasteiger partial charge in [-0.1, -0.05) is 11.3 Å². The summed E-state index contributed by atoms with van der Waals surface area (Å²) < 4.78 is 39.5. The number of aromatic nitrogens is 2. The smallest absolute Gasteiger partial charge is 0.375 e. The van der Waals surface area contributed by atoms with E-state index in [1.807, 2.05) is 0 Å². The van der Waals surface area contributed by atoms with Gasteiger partial charge in [0.25, 0.3) is 0 Å². The fourth-order valence-corrected chi connectivity index (χ4v) is 3.28. The third kappa shape index (κ3) is 2.45. The maximum atomic E-state index is 13.2. The lowest BCUT2D eigenvalue weighted by Gasteiger charge is -2.23. The molecule has 3 heterocycles. The summed E-state index contributed by atoms with van der Waals surface area (Å²) in [4.78, 5) is 8.18. The largest absolute Gasteiger partial charge is 0.417 e. The lowest BCUT2D eigenvalue weighted by molar-refractivity contribution is -0.136. The van der Waals surface area contributed by atoms with Gasteiger partial charge in [0.1, 0.15) is 0 Å². The summed E-state index contributed by atoms with van der Waals surface area (Å²) in [7, 11) is 0. The third-order valence-electron chi connectivity index (χ3n) is 3.42. The number of nitrogens with two attached hydrogens (primary N) is 1. The second-order valence-corrected chi connectivity index (χ2v) is 5.87. The molecule has 0 bridgehead atoms. The van der Waals surface area contributed by atoms with Gasteiger partial charge in [-0.2, -0.15) is 13.2 Å². The minimum Gasteiger partial charge on any atom is -0.375 e. The highest BCUT2D eigenvalue weighted by Gasteiger charge is 2.35. The van der Waals surface area contributed by atoms with E-state index in [1.54, 1.807) is 0 Å². The van der Waals surface area contributed by atoms with Gasteiger partial charge in [-0.05, 0) is 25.5 Å². The van der Waals surface area contributed by atoms with E-state index in [2.05, 4.69) is 15.3 Å². The molecule has 2 aromatic heterocycles. The molecule has 0 unspecified atom stereocenters. The molecule has 2 aromatic rings. The number of piperidine rings is 1. The number of halogens is 3. The van der Waals surface area contributed by atoms with Crippen LogP contribution in [0.2, 0.25) is 0 Å². The molecule has 8 heteroatoms. The Bertz CT molecular complexity index is 631. The number of thiazole rings is 1. The summed E-state index contributed by atoms with van der Waals surface area (Å²) in [6.45, 7) is 1.55. The Kier molecular flexibility index (Phi) is 3.29. The molecule has 1 fully saturated rings. The molecule has 3 N–H and O–H groups in total. The summed E-state index contributed by atoms with van der Waals surface area (Å²) in [5, 5.41) is 3.29. The highest BCUT2D eigenvalue weighted by molar-refractivity contribution is 7.22. The number of hydrogen-bond acceptors (Lipinski definition) is 5. The first-order valence-electron chi connectivity index (χ1n) is 6.30. The zero-order valence-electron chi connectivity index (χ0n) is 10.5. The number of nitrogen functional groups attached to an aromatic ring is 1. The average molecular weight is 302 g/mol. The van der Waals surface area contributed by atoms with Crippen LogP contribution in [0.25, 0.3) is 10.3 Å². The van der Waals surface area contributed by atoms with E-state index in [4.69, 9.17) is 5.73 Å². The molecular weight excluding hydrogens is 289 g/mol. The Morgan fingerprint density at radius 3 is 2.80 bits per heavy atom. The summed E-state index contributed by atoms with van der Waals surface area (Å²) in [5.41, 5.74) is 5.38. The molecule has 1 aliphatic heterocycles. The molecule has 0 aliphatic carbocycles. The van der Waals surface area contributed by atoms with Crippen LogP contribution in [0.15, 0.2) is 6.07 Å². The van der Waals surface area contributed by atoms with Gasteiger partial charge in [0.2, 0.25) is 0 Å².